The van der Waals surface area contributed by atoms with E-state index in [2.05, 4.69) is 4.72 Å². The lowest BCUT2D eigenvalue weighted by Crippen LogP contribution is -2.43. The van der Waals surface area contributed by atoms with E-state index in [1.807, 2.05) is 6.92 Å². The van der Waals surface area contributed by atoms with Gasteiger partial charge in [-0.2, -0.15) is 4.31 Å². The number of hydrogen-bond donors (Lipinski definition) is 1. The molecule has 6 nitrogen and oxygen atoms in total. The normalized spacial score (nSPS) is 17.9. The van der Waals surface area contributed by atoms with Gasteiger partial charge in [-0.3, -0.25) is 0 Å². The molecule has 120 valence electrons. The monoisotopic (exact) mass is 326 g/mol. The predicted molar refractivity (Wildman–Crippen MR) is 80.5 cm³/mol. The van der Waals surface area contributed by atoms with Crippen LogP contribution >= 0.6 is 0 Å². The summed E-state index contributed by atoms with van der Waals surface area (Å²) in [7, 11) is -6.56. The van der Waals surface area contributed by atoms with Crippen molar-refractivity contribution in [2.24, 2.45) is 0 Å². The highest BCUT2D eigenvalue weighted by atomic mass is 32.2. The summed E-state index contributed by atoms with van der Waals surface area (Å²) in [5.41, 5.74) is 0. The molecule has 0 unspecified atom stereocenters. The van der Waals surface area contributed by atoms with Crippen LogP contribution in [-0.2, 0) is 20.0 Å². The molecule has 1 N–H and O–H groups in total. The van der Waals surface area contributed by atoms with Crippen LogP contribution in [0, 0.1) is 0 Å². The molecule has 0 spiro atoms. The van der Waals surface area contributed by atoms with Gasteiger partial charge in [0.05, 0.1) is 12.0 Å². The number of nitrogens with zero attached hydrogens (tertiary/aromatic N) is 1. The van der Waals surface area contributed by atoms with Gasteiger partial charge in [0.25, 0.3) is 0 Å². The van der Waals surface area contributed by atoms with Crippen molar-refractivity contribution >= 4 is 20.0 Å². The van der Waals surface area contributed by atoms with Crippen LogP contribution in [0.1, 0.15) is 45.4 Å². The molecular formula is C12H26N2O4S2. The molecule has 0 aromatic carbocycles. The smallest absolute Gasteiger partial charge is 0.211 e. The minimum absolute atomic E-state index is 0.0325. The van der Waals surface area contributed by atoms with Crippen LogP contribution in [0.2, 0.25) is 0 Å². The van der Waals surface area contributed by atoms with E-state index in [0.29, 0.717) is 6.42 Å². The van der Waals surface area contributed by atoms with Crippen LogP contribution in [0.15, 0.2) is 0 Å². The Morgan fingerprint density at radius 1 is 1.15 bits per heavy atom. The fraction of sp³-hybridized carbons (Fsp3) is 1.00. The molecule has 8 heteroatoms. The van der Waals surface area contributed by atoms with E-state index in [-0.39, 0.29) is 24.9 Å². The SMILES string of the molecule is CCCCS(=O)(=O)NCCN(C1CCCC1)S(C)(=O)=O. The summed E-state index contributed by atoms with van der Waals surface area (Å²) >= 11 is 0. The van der Waals surface area contributed by atoms with Gasteiger partial charge in [-0.25, -0.2) is 21.6 Å². The first-order chi connectivity index (χ1) is 9.26. The number of rotatable bonds is 9. The zero-order valence-electron chi connectivity index (χ0n) is 12.3. The Balaban J connectivity index is 2.51. The molecule has 0 atom stereocenters. The van der Waals surface area contributed by atoms with Crippen LogP contribution in [0.3, 0.4) is 0 Å². The molecule has 0 radical (unpaired) electrons. The summed E-state index contributed by atoms with van der Waals surface area (Å²) in [4.78, 5) is 0. The molecule has 1 aliphatic carbocycles. The molecule has 1 fully saturated rings. The average molecular weight is 326 g/mol. The van der Waals surface area contributed by atoms with Crippen molar-refractivity contribution in [2.75, 3.05) is 25.1 Å². The van der Waals surface area contributed by atoms with Gasteiger partial charge >= 0.3 is 0 Å². The van der Waals surface area contributed by atoms with Gasteiger partial charge in [0, 0.05) is 19.1 Å². The third kappa shape index (κ3) is 6.07. The van der Waals surface area contributed by atoms with E-state index < -0.39 is 20.0 Å². The third-order valence-corrected chi connectivity index (χ3v) is 6.38. The fourth-order valence-electron chi connectivity index (χ4n) is 2.53. The highest BCUT2D eigenvalue weighted by Gasteiger charge is 2.28. The minimum Gasteiger partial charge on any atom is -0.214 e. The number of unbranched alkanes of at least 4 members (excludes halogenated alkanes) is 1. The van der Waals surface area contributed by atoms with E-state index >= 15 is 0 Å². The molecule has 1 aliphatic rings. The Kier molecular flexibility index (Phi) is 6.90. The lowest BCUT2D eigenvalue weighted by Gasteiger charge is -2.26. The topological polar surface area (TPSA) is 83.6 Å². The lowest BCUT2D eigenvalue weighted by atomic mass is 10.2. The van der Waals surface area contributed by atoms with Crippen LogP contribution < -0.4 is 4.72 Å². The van der Waals surface area contributed by atoms with Crippen molar-refractivity contribution in [3.05, 3.63) is 0 Å². The number of nitrogens with one attached hydrogen (secondary N) is 1. The molecule has 0 aromatic rings. The van der Waals surface area contributed by atoms with Gasteiger partial charge in [-0.05, 0) is 19.3 Å². The van der Waals surface area contributed by atoms with Gasteiger partial charge in [0.1, 0.15) is 0 Å². The van der Waals surface area contributed by atoms with E-state index in [1.165, 1.54) is 10.6 Å². The summed E-state index contributed by atoms with van der Waals surface area (Å²) in [5.74, 6) is 0.103. The Morgan fingerprint density at radius 3 is 2.25 bits per heavy atom. The standard InChI is InChI=1S/C12H26N2O4S2/c1-3-4-11-20(17,18)13-9-10-14(19(2,15)16)12-7-5-6-8-12/h12-13H,3-11H2,1-2H3. The van der Waals surface area contributed by atoms with E-state index in [4.69, 9.17) is 0 Å². The summed E-state index contributed by atoms with van der Waals surface area (Å²) in [6.45, 7) is 2.30. The van der Waals surface area contributed by atoms with Crippen molar-refractivity contribution in [2.45, 2.75) is 51.5 Å². The van der Waals surface area contributed by atoms with Crippen molar-refractivity contribution < 1.29 is 16.8 Å². The molecular weight excluding hydrogens is 300 g/mol. The third-order valence-electron chi connectivity index (χ3n) is 3.58. The van der Waals surface area contributed by atoms with Crippen LogP contribution in [0.25, 0.3) is 0 Å². The van der Waals surface area contributed by atoms with Gasteiger partial charge in [0.2, 0.25) is 20.0 Å². The highest BCUT2D eigenvalue weighted by Crippen LogP contribution is 2.24. The molecule has 1 saturated carbocycles. The maximum Gasteiger partial charge on any atom is 0.211 e. The maximum atomic E-state index is 11.8. The molecule has 1 rings (SSSR count). The Hall–Kier alpha value is -0.180. The van der Waals surface area contributed by atoms with Gasteiger partial charge in [-0.1, -0.05) is 26.2 Å². The molecule has 0 aromatic heterocycles. The van der Waals surface area contributed by atoms with E-state index in [1.54, 1.807) is 0 Å². The Labute approximate surface area is 123 Å². The molecule has 20 heavy (non-hydrogen) atoms. The van der Waals surface area contributed by atoms with Gasteiger partial charge in [-0.15, -0.1) is 0 Å². The Morgan fingerprint density at radius 2 is 1.75 bits per heavy atom. The quantitative estimate of drug-likeness (QED) is 0.682. The average Bonchev–Trinajstić information content (AvgIpc) is 2.84. The summed E-state index contributed by atoms with van der Waals surface area (Å²) < 4.78 is 50.8. The number of hydrogen-bond acceptors (Lipinski definition) is 4. The van der Waals surface area contributed by atoms with E-state index in [0.717, 1.165) is 32.1 Å². The largest absolute Gasteiger partial charge is 0.214 e. The van der Waals surface area contributed by atoms with Crippen molar-refractivity contribution in [1.82, 2.24) is 9.03 Å². The first-order valence-electron chi connectivity index (χ1n) is 7.20. The van der Waals surface area contributed by atoms with Crippen molar-refractivity contribution in [3.8, 4) is 0 Å². The zero-order chi connectivity index (χ0) is 15.2. The molecule has 0 bridgehead atoms. The fourth-order valence-corrected chi connectivity index (χ4v) is 4.92. The van der Waals surface area contributed by atoms with Crippen molar-refractivity contribution in [3.63, 3.8) is 0 Å². The van der Waals surface area contributed by atoms with Crippen molar-refractivity contribution in [1.29, 1.82) is 0 Å². The molecule has 0 heterocycles. The summed E-state index contributed by atoms with van der Waals surface area (Å²) in [6, 6.07) is 0.0325. The van der Waals surface area contributed by atoms with Gasteiger partial charge in [0.15, 0.2) is 0 Å². The van der Waals surface area contributed by atoms with Crippen LogP contribution in [-0.4, -0.2) is 52.3 Å². The minimum atomic E-state index is -3.28. The first kappa shape index (κ1) is 17.9. The summed E-state index contributed by atoms with van der Waals surface area (Å²) in [6.07, 6.45) is 6.45. The van der Waals surface area contributed by atoms with Crippen LogP contribution in [0.4, 0.5) is 0 Å². The maximum absolute atomic E-state index is 11.8. The van der Waals surface area contributed by atoms with Crippen LogP contribution in [0.5, 0.6) is 0 Å². The predicted octanol–water partition coefficient (Wildman–Crippen LogP) is 0.910. The van der Waals surface area contributed by atoms with E-state index in [9.17, 15) is 16.8 Å². The second-order valence-electron chi connectivity index (χ2n) is 5.38. The second kappa shape index (κ2) is 7.72. The molecule has 0 amide bonds. The lowest BCUT2D eigenvalue weighted by molar-refractivity contribution is 0.328. The second-order valence-corrected chi connectivity index (χ2v) is 9.24. The molecule has 0 saturated heterocycles. The Bertz CT molecular complexity index is 482. The zero-order valence-corrected chi connectivity index (χ0v) is 14.0. The summed E-state index contributed by atoms with van der Waals surface area (Å²) in [5, 5.41) is 0. The number of sulfonamides is 2. The first-order valence-corrected chi connectivity index (χ1v) is 10.7. The van der Waals surface area contributed by atoms with Gasteiger partial charge < -0.3 is 0 Å². The molecule has 0 aliphatic heterocycles. The highest BCUT2D eigenvalue weighted by molar-refractivity contribution is 7.89.